The Morgan fingerprint density at radius 2 is 2.00 bits per heavy atom. The van der Waals surface area contributed by atoms with Crippen LogP contribution >= 0.6 is 11.8 Å². The van der Waals surface area contributed by atoms with Crippen molar-refractivity contribution in [3.63, 3.8) is 0 Å². The number of ether oxygens (including phenoxy) is 1. The predicted octanol–water partition coefficient (Wildman–Crippen LogP) is 2.19. The van der Waals surface area contributed by atoms with Crippen LogP contribution in [0.1, 0.15) is 40.5 Å². The van der Waals surface area contributed by atoms with Gasteiger partial charge in [0.25, 0.3) is 0 Å². The van der Waals surface area contributed by atoms with E-state index < -0.39 is 5.54 Å². The molecule has 0 aromatic rings. The van der Waals surface area contributed by atoms with Crippen LogP contribution in [0, 0.1) is 0 Å². The fourth-order valence-corrected chi connectivity index (χ4v) is 2.88. The van der Waals surface area contributed by atoms with E-state index in [-0.39, 0.29) is 5.97 Å². The smallest absolute Gasteiger partial charge is 0.325 e. The van der Waals surface area contributed by atoms with Crippen LogP contribution in [-0.4, -0.2) is 29.1 Å². The normalized spacial score (nSPS) is 19.1. The van der Waals surface area contributed by atoms with E-state index in [2.05, 4.69) is 25.5 Å². The lowest BCUT2D eigenvalue weighted by Crippen LogP contribution is -2.47. The van der Waals surface area contributed by atoms with Crippen LogP contribution in [-0.2, 0) is 9.53 Å². The standard InChI is InChI=1S/C11H23NO2S/c1-6-8(2)15-9(3)7-11(4,12)10(13)14-5/h8-9H,6-7,12H2,1-5H3. The minimum atomic E-state index is -0.866. The highest BCUT2D eigenvalue weighted by Gasteiger charge is 2.31. The summed E-state index contributed by atoms with van der Waals surface area (Å²) in [5.41, 5.74) is 5.03. The lowest BCUT2D eigenvalue weighted by Gasteiger charge is -2.26. The maximum Gasteiger partial charge on any atom is 0.325 e. The lowest BCUT2D eigenvalue weighted by molar-refractivity contribution is -0.146. The van der Waals surface area contributed by atoms with Gasteiger partial charge in [-0.05, 0) is 19.8 Å². The van der Waals surface area contributed by atoms with Crippen molar-refractivity contribution >= 4 is 17.7 Å². The molecule has 0 amide bonds. The molecule has 0 saturated carbocycles. The molecular weight excluding hydrogens is 210 g/mol. The van der Waals surface area contributed by atoms with Gasteiger partial charge in [-0.25, -0.2) is 0 Å². The summed E-state index contributed by atoms with van der Waals surface area (Å²) in [6.07, 6.45) is 1.78. The van der Waals surface area contributed by atoms with Gasteiger partial charge in [-0.2, -0.15) is 11.8 Å². The summed E-state index contributed by atoms with van der Waals surface area (Å²) in [4.78, 5) is 11.4. The molecule has 0 spiro atoms. The van der Waals surface area contributed by atoms with Gasteiger partial charge in [0, 0.05) is 10.5 Å². The van der Waals surface area contributed by atoms with E-state index in [1.807, 2.05) is 11.8 Å². The molecule has 0 radical (unpaired) electrons. The zero-order valence-corrected chi connectivity index (χ0v) is 11.2. The largest absolute Gasteiger partial charge is 0.468 e. The summed E-state index contributed by atoms with van der Waals surface area (Å²) >= 11 is 1.87. The van der Waals surface area contributed by atoms with Crippen molar-refractivity contribution in [2.75, 3.05) is 7.11 Å². The van der Waals surface area contributed by atoms with Gasteiger partial charge in [0.15, 0.2) is 0 Å². The van der Waals surface area contributed by atoms with E-state index in [0.29, 0.717) is 16.9 Å². The summed E-state index contributed by atoms with van der Waals surface area (Å²) in [5.74, 6) is -0.334. The molecule has 0 fully saturated rings. The Balaban J connectivity index is 4.15. The summed E-state index contributed by atoms with van der Waals surface area (Å²) in [6.45, 7) is 8.18. The zero-order valence-electron chi connectivity index (χ0n) is 10.4. The van der Waals surface area contributed by atoms with Gasteiger partial charge in [-0.15, -0.1) is 0 Å². The number of esters is 1. The molecule has 4 heteroatoms. The SMILES string of the molecule is CCC(C)SC(C)CC(C)(N)C(=O)OC. The molecule has 0 aromatic heterocycles. The van der Waals surface area contributed by atoms with E-state index in [9.17, 15) is 4.79 Å². The van der Waals surface area contributed by atoms with Crippen molar-refractivity contribution in [2.24, 2.45) is 5.73 Å². The maximum absolute atomic E-state index is 11.4. The van der Waals surface area contributed by atoms with Gasteiger partial charge in [0.1, 0.15) is 5.54 Å². The topological polar surface area (TPSA) is 52.3 Å². The summed E-state index contributed by atoms with van der Waals surface area (Å²) < 4.78 is 4.67. The molecule has 0 aromatic carbocycles. The summed E-state index contributed by atoms with van der Waals surface area (Å²) in [6, 6.07) is 0. The highest BCUT2D eigenvalue weighted by molar-refractivity contribution is 8.00. The highest BCUT2D eigenvalue weighted by Crippen LogP contribution is 2.26. The average molecular weight is 233 g/mol. The molecule has 0 aliphatic rings. The molecule has 90 valence electrons. The van der Waals surface area contributed by atoms with Gasteiger partial charge in [0.2, 0.25) is 0 Å². The van der Waals surface area contributed by atoms with E-state index in [1.165, 1.54) is 7.11 Å². The molecule has 0 saturated heterocycles. The second kappa shape index (κ2) is 6.38. The molecule has 15 heavy (non-hydrogen) atoms. The summed E-state index contributed by atoms with van der Waals surface area (Å²) in [7, 11) is 1.37. The van der Waals surface area contributed by atoms with E-state index in [4.69, 9.17) is 5.73 Å². The highest BCUT2D eigenvalue weighted by atomic mass is 32.2. The molecule has 2 N–H and O–H groups in total. The first-order chi connectivity index (χ1) is 6.83. The Labute approximate surface area is 97.1 Å². The zero-order chi connectivity index (χ0) is 12.1. The number of thioether (sulfide) groups is 1. The molecule has 3 nitrogen and oxygen atoms in total. The predicted molar refractivity (Wildman–Crippen MR) is 66.0 cm³/mol. The molecule has 0 aliphatic heterocycles. The first-order valence-electron chi connectivity index (χ1n) is 5.36. The number of methoxy groups -OCH3 is 1. The molecule has 0 heterocycles. The van der Waals surface area contributed by atoms with Crippen molar-refractivity contribution in [3.05, 3.63) is 0 Å². The van der Waals surface area contributed by atoms with Crippen LogP contribution in [0.5, 0.6) is 0 Å². The van der Waals surface area contributed by atoms with Crippen molar-refractivity contribution in [1.82, 2.24) is 0 Å². The lowest BCUT2D eigenvalue weighted by atomic mass is 9.98. The van der Waals surface area contributed by atoms with Crippen molar-refractivity contribution < 1.29 is 9.53 Å². The van der Waals surface area contributed by atoms with Gasteiger partial charge in [-0.3, -0.25) is 4.79 Å². The first-order valence-corrected chi connectivity index (χ1v) is 6.30. The molecule has 0 aliphatic carbocycles. The second-order valence-electron chi connectivity index (χ2n) is 4.28. The monoisotopic (exact) mass is 233 g/mol. The van der Waals surface area contributed by atoms with E-state index in [1.54, 1.807) is 6.92 Å². The Morgan fingerprint density at radius 3 is 2.40 bits per heavy atom. The Morgan fingerprint density at radius 1 is 1.47 bits per heavy atom. The molecular formula is C11H23NO2S. The third-order valence-corrected chi connectivity index (χ3v) is 3.83. The van der Waals surface area contributed by atoms with Crippen LogP contribution < -0.4 is 5.73 Å². The number of hydrogen-bond acceptors (Lipinski definition) is 4. The van der Waals surface area contributed by atoms with Crippen LogP contribution in [0.15, 0.2) is 0 Å². The van der Waals surface area contributed by atoms with Gasteiger partial charge < -0.3 is 10.5 Å². The Hall–Kier alpha value is -0.220. The Kier molecular flexibility index (Phi) is 6.29. The second-order valence-corrected chi connectivity index (χ2v) is 6.16. The van der Waals surface area contributed by atoms with Crippen LogP contribution in [0.3, 0.4) is 0 Å². The number of rotatable bonds is 6. The van der Waals surface area contributed by atoms with Crippen LogP contribution in [0.2, 0.25) is 0 Å². The quantitative estimate of drug-likeness (QED) is 0.714. The Bertz CT molecular complexity index is 207. The van der Waals surface area contributed by atoms with Gasteiger partial charge in [0.05, 0.1) is 7.11 Å². The summed E-state index contributed by atoms with van der Waals surface area (Å²) in [5, 5.41) is 0.975. The van der Waals surface area contributed by atoms with E-state index in [0.717, 1.165) is 6.42 Å². The minimum absolute atomic E-state index is 0.334. The third kappa shape index (κ3) is 5.42. The fraction of sp³-hybridized carbons (Fsp3) is 0.909. The number of carbonyl (C=O) groups is 1. The van der Waals surface area contributed by atoms with Gasteiger partial charge in [-0.1, -0.05) is 20.8 Å². The molecule has 0 rings (SSSR count). The van der Waals surface area contributed by atoms with Crippen molar-refractivity contribution in [1.29, 1.82) is 0 Å². The average Bonchev–Trinajstić information content (AvgIpc) is 2.15. The minimum Gasteiger partial charge on any atom is -0.468 e. The first kappa shape index (κ1) is 14.8. The van der Waals surface area contributed by atoms with E-state index >= 15 is 0 Å². The van der Waals surface area contributed by atoms with Crippen molar-refractivity contribution in [3.8, 4) is 0 Å². The molecule has 0 bridgehead atoms. The number of carbonyl (C=O) groups excluding carboxylic acids is 1. The number of nitrogens with two attached hydrogens (primary N) is 1. The van der Waals surface area contributed by atoms with Crippen LogP contribution in [0.4, 0.5) is 0 Å². The molecule has 3 atom stereocenters. The maximum atomic E-state index is 11.4. The fourth-order valence-electron chi connectivity index (χ4n) is 1.45. The van der Waals surface area contributed by atoms with Gasteiger partial charge >= 0.3 is 5.97 Å². The molecule has 3 unspecified atom stereocenters. The third-order valence-electron chi connectivity index (χ3n) is 2.40. The van der Waals surface area contributed by atoms with Crippen LogP contribution in [0.25, 0.3) is 0 Å². The van der Waals surface area contributed by atoms with Crippen molar-refractivity contribution in [2.45, 2.75) is 56.6 Å². The number of hydrogen-bond donors (Lipinski definition) is 1.